The van der Waals surface area contributed by atoms with E-state index in [0.29, 0.717) is 30.0 Å². The lowest BCUT2D eigenvalue weighted by Gasteiger charge is -2.23. The zero-order valence-electron chi connectivity index (χ0n) is 15.7. The zero-order chi connectivity index (χ0) is 19.2. The van der Waals surface area contributed by atoms with E-state index in [4.69, 9.17) is 4.74 Å². The van der Waals surface area contributed by atoms with Gasteiger partial charge in [-0.3, -0.25) is 10.1 Å². The molecule has 8 heteroatoms. The fourth-order valence-electron chi connectivity index (χ4n) is 3.30. The molecule has 144 valence electrons. The van der Waals surface area contributed by atoms with Gasteiger partial charge in [0, 0.05) is 11.7 Å². The summed E-state index contributed by atoms with van der Waals surface area (Å²) >= 11 is 0. The molecule has 0 unspecified atom stereocenters. The molecule has 0 radical (unpaired) electrons. The van der Waals surface area contributed by atoms with E-state index in [-0.39, 0.29) is 11.5 Å². The summed E-state index contributed by atoms with van der Waals surface area (Å²) in [6.07, 6.45) is 5.76. The lowest BCUT2D eigenvalue weighted by atomic mass is 9.96. The molecule has 0 bridgehead atoms. The van der Waals surface area contributed by atoms with Crippen LogP contribution in [0.25, 0.3) is 0 Å². The maximum atomic E-state index is 11.5. The Bertz CT molecular complexity index is 789. The lowest BCUT2D eigenvalue weighted by Crippen LogP contribution is -2.24. The Morgan fingerprint density at radius 2 is 1.89 bits per heavy atom. The van der Waals surface area contributed by atoms with Gasteiger partial charge in [0.15, 0.2) is 0 Å². The van der Waals surface area contributed by atoms with Crippen molar-refractivity contribution < 1.29 is 9.66 Å². The molecule has 2 N–H and O–H groups in total. The van der Waals surface area contributed by atoms with Gasteiger partial charge in [0.2, 0.25) is 11.8 Å². The van der Waals surface area contributed by atoms with Crippen LogP contribution in [-0.4, -0.2) is 27.5 Å². The van der Waals surface area contributed by atoms with E-state index in [1.54, 1.807) is 19.1 Å². The lowest BCUT2D eigenvalue weighted by molar-refractivity contribution is -0.385. The van der Waals surface area contributed by atoms with Gasteiger partial charge in [0.1, 0.15) is 11.4 Å². The van der Waals surface area contributed by atoms with Gasteiger partial charge in [0.25, 0.3) is 0 Å². The largest absolute Gasteiger partial charge is 0.494 e. The predicted octanol–water partition coefficient (Wildman–Crippen LogP) is 4.58. The molecule has 0 atom stereocenters. The third-order valence-electron chi connectivity index (χ3n) is 4.61. The second kappa shape index (κ2) is 8.66. The maximum Gasteiger partial charge on any atom is 0.332 e. The summed E-state index contributed by atoms with van der Waals surface area (Å²) < 4.78 is 5.42. The molecule has 27 heavy (non-hydrogen) atoms. The monoisotopic (exact) mass is 371 g/mol. The first-order valence-corrected chi connectivity index (χ1v) is 9.36. The standard InChI is InChI=1S/C19H25N5O3/c1-3-27-16-11-9-15(10-12-16)21-18-17(24(25)26)13(2)20-19(23-18)22-14-7-5-4-6-8-14/h9-12,14H,3-8H2,1-2H3,(H2,20,21,22,23). The van der Waals surface area contributed by atoms with Crippen molar-refractivity contribution in [1.29, 1.82) is 0 Å². The molecule has 1 aromatic heterocycles. The van der Waals surface area contributed by atoms with Crippen LogP contribution in [0.15, 0.2) is 24.3 Å². The zero-order valence-corrected chi connectivity index (χ0v) is 15.7. The van der Waals surface area contributed by atoms with Crippen LogP contribution in [0.5, 0.6) is 5.75 Å². The van der Waals surface area contributed by atoms with Gasteiger partial charge in [-0.2, -0.15) is 4.98 Å². The highest BCUT2D eigenvalue weighted by Gasteiger charge is 2.23. The first-order chi connectivity index (χ1) is 13.1. The highest BCUT2D eigenvalue weighted by Crippen LogP contribution is 2.30. The van der Waals surface area contributed by atoms with Gasteiger partial charge in [-0.05, 0) is 51.0 Å². The second-order valence-electron chi connectivity index (χ2n) is 6.65. The minimum atomic E-state index is -0.448. The molecule has 2 aromatic rings. The van der Waals surface area contributed by atoms with Gasteiger partial charge in [-0.1, -0.05) is 19.3 Å². The number of aryl methyl sites for hydroxylation is 1. The second-order valence-corrected chi connectivity index (χ2v) is 6.65. The van der Waals surface area contributed by atoms with Crippen molar-refractivity contribution in [2.75, 3.05) is 17.2 Å². The van der Waals surface area contributed by atoms with E-state index in [0.717, 1.165) is 18.6 Å². The molecule has 1 aromatic carbocycles. The van der Waals surface area contributed by atoms with Crippen LogP contribution in [0.3, 0.4) is 0 Å². The Labute approximate surface area is 158 Å². The summed E-state index contributed by atoms with van der Waals surface area (Å²) in [7, 11) is 0. The minimum absolute atomic E-state index is 0.113. The molecule has 0 aliphatic heterocycles. The van der Waals surface area contributed by atoms with Crippen LogP contribution < -0.4 is 15.4 Å². The van der Waals surface area contributed by atoms with Gasteiger partial charge in [-0.15, -0.1) is 0 Å². The number of nitro groups is 1. The summed E-state index contributed by atoms with van der Waals surface area (Å²) in [5, 5.41) is 17.9. The molecule has 3 rings (SSSR count). The van der Waals surface area contributed by atoms with E-state index in [9.17, 15) is 10.1 Å². The summed E-state index contributed by atoms with van der Waals surface area (Å²) in [5.41, 5.74) is 0.920. The van der Waals surface area contributed by atoms with Crippen LogP contribution in [0.1, 0.15) is 44.7 Å². The molecule has 1 saturated carbocycles. The van der Waals surface area contributed by atoms with Crippen LogP contribution >= 0.6 is 0 Å². The van der Waals surface area contributed by atoms with Crippen LogP contribution in [0, 0.1) is 17.0 Å². The van der Waals surface area contributed by atoms with Crippen molar-refractivity contribution in [3.63, 3.8) is 0 Å². The Balaban J connectivity index is 1.85. The third-order valence-corrected chi connectivity index (χ3v) is 4.61. The number of hydrogen-bond acceptors (Lipinski definition) is 7. The average molecular weight is 371 g/mol. The summed E-state index contributed by atoms with van der Waals surface area (Å²) in [6, 6.07) is 7.55. The predicted molar refractivity (Wildman–Crippen MR) is 105 cm³/mol. The van der Waals surface area contributed by atoms with E-state index < -0.39 is 4.92 Å². The number of nitrogens with zero attached hydrogens (tertiary/aromatic N) is 3. The van der Waals surface area contributed by atoms with Gasteiger partial charge in [-0.25, -0.2) is 4.98 Å². The quantitative estimate of drug-likeness (QED) is 0.542. The molecule has 1 heterocycles. The smallest absolute Gasteiger partial charge is 0.332 e. The molecule has 0 spiro atoms. The minimum Gasteiger partial charge on any atom is -0.494 e. The number of aromatic nitrogens is 2. The Hall–Kier alpha value is -2.90. The van der Waals surface area contributed by atoms with E-state index >= 15 is 0 Å². The Morgan fingerprint density at radius 3 is 2.52 bits per heavy atom. The van der Waals surface area contributed by atoms with Crippen LogP contribution in [-0.2, 0) is 0 Å². The molecule has 1 aliphatic rings. The number of anilines is 3. The number of nitrogens with one attached hydrogen (secondary N) is 2. The number of hydrogen-bond donors (Lipinski definition) is 2. The van der Waals surface area contributed by atoms with Gasteiger partial charge < -0.3 is 15.4 Å². The first kappa shape index (κ1) is 18.9. The van der Waals surface area contributed by atoms with E-state index in [2.05, 4.69) is 20.6 Å². The van der Waals surface area contributed by atoms with Crippen molar-refractivity contribution >= 4 is 23.1 Å². The number of benzene rings is 1. The van der Waals surface area contributed by atoms with E-state index in [1.165, 1.54) is 19.3 Å². The molecule has 1 fully saturated rings. The van der Waals surface area contributed by atoms with Crippen molar-refractivity contribution in [3.05, 3.63) is 40.1 Å². The van der Waals surface area contributed by atoms with Crippen molar-refractivity contribution in [3.8, 4) is 5.75 Å². The fraction of sp³-hybridized carbons (Fsp3) is 0.474. The van der Waals surface area contributed by atoms with Gasteiger partial charge in [0.05, 0.1) is 11.5 Å². The molecule has 1 aliphatic carbocycles. The first-order valence-electron chi connectivity index (χ1n) is 9.36. The van der Waals surface area contributed by atoms with Crippen molar-refractivity contribution in [1.82, 2.24) is 9.97 Å². The molecule has 8 nitrogen and oxygen atoms in total. The van der Waals surface area contributed by atoms with Gasteiger partial charge >= 0.3 is 5.69 Å². The topological polar surface area (TPSA) is 102 Å². The molecule has 0 amide bonds. The normalized spacial score (nSPS) is 14.6. The fourth-order valence-corrected chi connectivity index (χ4v) is 3.30. The summed E-state index contributed by atoms with van der Waals surface area (Å²) in [4.78, 5) is 19.8. The molecular weight excluding hydrogens is 346 g/mol. The van der Waals surface area contributed by atoms with Crippen molar-refractivity contribution in [2.24, 2.45) is 0 Å². The third kappa shape index (κ3) is 4.84. The highest BCUT2D eigenvalue weighted by molar-refractivity contribution is 5.68. The maximum absolute atomic E-state index is 11.5. The summed E-state index contributed by atoms with van der Waals surface area (Å²) in [6.45, 7) is 4.13. The Morgan fingerprint density at radius 1 is 1.19 bits per heavy atom. The molecular formula is C19H25N5O3. The van der Waals surface area contributed by atoms with E-state index in [1.807, 2.05) is 19.1 Å². The van der Waals surface area contributed by atoms with Crippen LogP contribution in [0.4, 0.5) is 23.1 Å². The Kier molecular flexibility index (Phi) is 6.05. The average Bonchev–Trinajstić information content (AvgIpc) is 2.64. The van der Waals surface area contributed by atoms with Crippen LogP contribution in [0.2, 0.25) is 0 Å². The molecule has 0 saturated heterocycles. The summed E-state index contributed by atoms with van der Waals surface area (Å²) in [5.74, 6) is 1.37. The SMILES string of the molecule is CCOc1ccc(Nc2nc(NC3CCCCC3)nc(C)c2[N+](=O)[O-])cc1. The van der Waals surface area contributed by atoms with Crippen molar-refractivity contribution in [2.45, 2.75) is 52.0 Å². The number of ether oxygens (including phenoxy) is 1. The highest BCUT2D eigenvalue weighted by atomic mass is 16.6. The number of rotatable bonds is 7.